The van der Waals surface area contributed by atoms with E-state index in [0.717, 1.165) is 30.9 Å². The lowest BCUT2D eigenvalue weighted by atomic mass is 10.0. The number of ether oxygens (including phenoxy) is 1. The Bertz CT molecular complexity index is 771. The van der Waals surface area contributed by atoms with Crippen molar-refractivity contribution in [2.45, 2.75) is 63.9 Å². The molecular weight excluding hydrogens is 366 g/mol. The van der Waals surface area contributed by atoms with Crippen LogP contribution in [0.4, 0.5) is 0 Å². The number of carbonyl (C=O) groups is 1. The topological polar surface area (TPSA) is 68.5 Å². The highest BCUT2D eigenvalue weighted by Crippen LogP contribution is 2.30. The molecule has 1 unspecified atom stereocenters. The Morgan fingerprint density at radius 2 is 2.00 bits per heavy atom. The summed E-state index contributed by atoms with van der Waals surface area (Å²) in [7, 11) is 0. The van der Waals surface area contributed by atoms with Gasteiger partial charge in [0.1, 0.15) is 0 Å². The van der Waals surface area contributed by atoms with Crippen molar-refractivity contribution >= 4 is 5.91 Å². The van der Waals surface area contributed by atoms with E-state index in [0.29, 0.717) is 44.3 Å². The van der Waals surface area contributed by atoms with Gasteiger partial charge in [-0.1, -0.05) is 61.2 Å². The van der Waals surface area contributed by atoms with Gasteiger partial charge in [-0.15, -0.1) is 0 Å². The third-order valence-corrected chi connectivity index (χ3v) is 6.20. The molecule has 2 heterocycles. The van der Waals surface area contributed by atoms with Crippen LogP contribution >= 0.6 is 0 Å². The van der Waals surface area contributed by atoms with Crippen LogP contribution < -0.4 is 0 Å². The predicted molar refractivity (Wildman–Crippen MR) is 109 cm³/mol. The molecule has 0 radical (unpaired) electrons. The normalized spacial score (nSPS) is 19.9. The number of nitrogens with zero attached hydrogens (tertiary/aromatic N) is 3. The second kappa shape index (κ2) is 10.0. The largest absolute Gasteiger partial charge is 0.376 e. The van der Waals surface area contributed by atoms with Crippen LogP contribution in [0.1, 0.15) is 68.1 Å². The van der Waals surface area contributed by atoms with Gasteiger partial charge in [-0.3, -0.25) is 4.79 Å². The molecule has 1 saturated heterocycles. The first-order chi connectivity index (χ1) is 14.3. The lowest BCUT2D eigenvalue weighted by molar-refractivity contribution is -0.130. The standard InChI is InChI=1S/C23H31N3O3/c27-22(11-10-18-6-4-5-7-18)26-14-12-20(16-26)23-24-21(25-29-23)13-15-28-17-19-8-2-1-3-9-19/h1-3,8-9,18,20H,4-7,10-17H2. The summed E-state index contributed by atoms with van der Waals surface area (Å²) in [4.78, 5) is 19.0. The summed E-state index contributed by atoms with van der Waals surface area (Å²) in [6.07, 6.45) is 8.54. The third-order valence-electron chi connectivity index (χ3n) is 6.20. The number of benzene rings is 1. The predicted octanol–water partition coefficient (Wildman–Crippen LogP) is 4.12. The molecule has 0 N–H and O–H groups in total. The molecule has 2 aromatic rings. The van der Waals surface area contributed by atoms with Crippen LogP contribution in [0.5, 0.6) is 0 Å². The molecule has 1 aliphatic heterocycles. The molecule has 4 rings (SSSR count). The summed E-state index contributed by atoms with van der Waals surface area (Å²) in [5.41, 5.74) is 1.16. The Balaban J connectivity index is 1.18. The fourth-order valence-electron chi connectivity index (χ4n) is 4.44. The summed E-state index contributed by atoms with van der Waals surface area (Å²) in [6.45, 7) is 2.65. The fraction of sp³-hybridized carbons (Fsp3) is 0.609. The zero-order valence-corrected chi connectivity index (χ0v) is 17.1. The van der Waals surface area contributed by atoms with E-state index in [1.54, 1.807) is 0 Å². The van der Waals surface area contributed by atoms with E-state index in [1.165, 1.54) is 25.7 Å². The Kier molecular flexibility index (Phi) is 6.93. The van der Waals surface area contributed by atoms with E-state index in [9.17, 15) is 4.79 Å². The highest BCUT2D eigenvalue weighted by atomic mass is 16.5. The van der Waals surface area contributed by atoms with E-state index >= 15 is 0 Å². The first-order valence-corrected chi connectivity index (χ1v) is 11.0. The highest BCUT2D eigenvalue weighted by Gasteiger charge is 2.31. The molecule has 1 aromatic heterocycles. The van der Waals surface area contributed by atoms with Crippen LogP contribution in [0.3, 0.4) is 0 Å². The zero-order valence-electron chi connectivity index (χ0n) is 17.1. The monoisotopic (exact) mass is 397 g/mol. The molecule has 1 aliphatic carbocycles. The maximum atomic E-state index is 12.5. The van der Waals surface area contributed by atoms with Crippen LogP contribution in [0.15, 0.2) is 34.9 Å². The number of aromatic nitrogens is 2. The van der Waals surface area contributed by atoms with Gasteiger partial charge < -0.3 is 14.2 Å². The van der Waals surface area contributed by atoms with E-state index in [2.05, 4.69) is 10.1 Å². The maximum Gasteiger partial charge on any atom is 0.231 e. The van der Waals surface area contributed by atoms with Crippen LogP contribution in [0.25, 0.3) is 0 Å². The average Bonchev–Trinajstić information content (AvgIpc) is 3.51. The van der Waals surface area contributed by atoms with Crippen molar-refractivity contribution < 1.29 is 14.1 Å². The van der Waals surface area contributed by atoms with Crippen molar-refractivity contribution in [2.24, 2.45) is 5.92 Å². The number of carbonyl (C=O) groups excluding carboxylic acids is 1. The molecule has 1 amide bonds. The first kappa shape index (κ1) is 20.1. The second-order valence-corrected chi connectivity index (χ2v) is 8.35. The average molecular weight is 398 g/mol. The van der Waals surface area contributed by atoms with Crippen molar-refractivity contribution in [3.8, 4) is 0 Å². The summed E-state index contributed by atoms with van der Waals surface area (Å²) in [6, 6.07) is 10.1. The molecule has 2 fully saturated rings. The van der Waals surface area contributed by atoms with Gasteiger partial charge in [0.15, 0.2) is 5.82 Å². The van der Waals surface area contributed by atoms with Gasteiger partial charge in [0.25, 0.3) is 0 Å². The summed E-state index contributed by atoms with van der Waals surface area (Å²) in [5, 5.41) is 4.09. The summed E-state index contributed by atoms with van der Waals surface area (Å²) >= 11 is 0. The highest BCUT2D eigenvalue weighted by molar-refractivity contribution is 5.76. The Hall–Kier alpha value is -2.21. The molecule has 0 spiro atoms. The number of likely N-dealkylation sites (tertiary alicyclic amines) is 1. The molecule has 6 heteroatoms. The SMILES string of the molecule is O=C(CCC1CCCC1)N1CCC(c2nc(CCOCc3ccccc3)no2)C1. The number of amides is 1. The van der Waals surface area contributed by atoms with Crippen LogP contribution in [0, 0.1) is 5.92 Å². The van der Waals surface area contributed by atoms with Gasteiger partial charge in [0.05, 0.1) is 19.1 Å². The van der Waals surface area contributed by atoms with Crippen molar-refractivity contribution in [3.05, 3.63) is 47.6 Å². The van der Waals surface area contributed by atoms with Crippen molar-refractivity contribution in [2.75, 3.05) is 19.7 Å². The Morgan fingerprint density at radius 1 is 1.17 bits per heavy atom. The van der Waals surface area contributed by atoms with Crippen molar-refractivity contribution in [1.82, 2.24) is 15.0 Å². The molecule has 6 nitrogen and oxygen atoms in total. The molecule has 156 valence electrons. The van der Waals surface area contributed by atoms with E-state index in [1.807, 2.05) is 35.2 Å². The minimum Gasteiger partial charge on any atom is -0.376 e. The fourth-order valence-corrected chi connectivity index (χ4v) is 4.44. The van der Waals surface area contributed by atoms with E-state index in [-0.39, 0.29) is 11.8 Å². The third kappa shape index (κ3) is 5.66. The van der Waals surface area contributed by atoms with Gasteiger partial charge in [-0.05, 0) is 24.3 Å². The second-order valence-electron chi connectivity index (χ2n) is 8.35. The lowest BCUT2D eigenvalue weighted by Crippen LogP contribution is -2.28. The molecular formula is C23H31N3O3. The van der Waals surface area contributed by atoms with Crippen LogP contribution in [-0.4, -0.2) is 40.6 Å². The molecule has 1 atom stereocenters. The van der Waals surface area contributed by atoms with Gasteiger partial charge >= 0.3 is 0 Å². The van der Waals surface area contributed by atoms with Crippen molar-refractivity contribution in [3.63, 3.8) is 0 Å². The molecule has 1 aromatic carbocycles. The molecule has 29 heavy (non-hydrogen) atoms. The van der Waals surface area contributed by atoms with Gasteiger partial charge in [-0.25, -0.2) is 0 Å². The maximum absolute atomic E-state index is 12.5. The van der Waals surface area contributed by atoms with Crippen molar-refractivity contribution in [1.29, 1.82) is 0 Å². The van der Waals surface area contributed by atoms with E-state index < -0.39 is 0 Å². The first-order valence-electron chi connectivity index (χ1n) is 11.0. The van der Waals surface area contributed by atoms with Gasteiger partial charge in [0, 0.05) is 25.9 Å². The Labute approximate surface area is 172 Å². The van der Waals surface area contributed by atoms with Crippen LogP contribution in [-0.2, 0) is 22.6 Å². The van der Waals surface area contributed by atoms with Gasteiger partial charge in [-0.2, -0.15) is 4.98 Å². The Morgan fingerprint density at radius 3 is 2.83 bits per heavy atom. The van der Waals surface area contributed by atoms with E-state index in [4.69, 9.17) is 9.26 Å². The summed E-state index contributed by atoms with van der Waals surface area (Å²) in [5.74, 6) is 2.55. The summed E-state index contributed by atoms with van der Waals surface area (Å²) < 4.78 is 11.2. The minimum absolute atomic E-state index is 0.164. The quantitative estimate of drug-likeness (QED) is 0.596. The smallest absolute Gasteiger partial charge is 0.231 e. The number of hydrogen-bond acceptors (Lipinski definition) is 5. The molecule has 1 saturated carbocycles. The van der Waals surface area contributed by atoms with Crippen LogP contribution in [0.2, 0.25) is 0 Å². The number of rotatable bonds is 9. The number of hydrogen-bond donors (Lipinski definition) is 0. The minimum atomic E-state index is 0.164. The lowest BCUT2D eigenvalue weighted by Gasteiger charge is -2.17. The van der Waals surface area contributed by atoms with Gasteiger partial charge in [0.2, 0.25) is 11.8 Å². The molecule has 2 aliphatic rings. The zero-order chi connectivity index (χ0) is 19.9. The molecule has 0 bridgehead atoms.